The van der Waals surface area contributed by atoms with Crippen LogP contribution in [0.2, 0.25) is 0 Å². The summed E-state index contributed by atoms with van der Waals surface area (Å²) in [6.45, 7) is 10.3. The molecule has 0 saturated heterocycles. The average molecular weight is 414 g/mol. The summed E-state index contributed by atoms with van der Waals surface area (Å²) in [5, 5.41) is 0. The van der Waals surface area contributed by atoms with Gasteiger partial charge < -0.3 is 18.9 Å². The number of hydrogen-bond donors (Lipinski definition) is 0. The molecule has 6 nitrogen and oxygen atoms in total. The zero-order chi connectivity index (χ0) is 22.4. The molecule has 0 saturated carbocycles. The van der Waals surface area contributed by atoms with Gasteiger partial charge in [0.1, 0.15) is 18.8 Å². The Labute approximate surface area is 178 Å². The summed E-state index contributed by atoms with van der Waals surface area (Å²) in [7, 11) is 1.25. The van der Waals surface area contributed by atoms with E-state index in [4.69, 9.17) is 14.2 Å². The summed E-state index contributed by atoms with van der Waals surface area (Å²) in [4.78, 5) is 23.2. The average Bonchev–Trinajstić information content (AvgIpc) is 2.70. The van der Waals surface area contributed by atoms with Gasteiger partial charge in [-0.1, -0.05) is 69.3 Å². The summed E-state index contributed by atoms with van der Waals surface area (Å²) in [6.07, 6.45) is -1.47. The molecule has 0 unspecified atom stereocenters. The maximum atomic E-state index is 12.2. The van der Waals surface area contributed by atoms with Crippen LogP contribution >= 0.6 is 0 Å². The third-order valence-corrected chi connectivity index (χ3v) is 4.69. The minimum Gasteiger partial charge on any atom is -0.438 e. The van der Waals surface area contributed by atoms with Gasteiger partial charge in [-0.15, -0.1) is 0 Å². The van der Waals surface area contributed by atoms with Crippen molar-refractivity contribution < 1.29 is 28.5 Å². The molecule has 0 N–H and O–H groups in total. The first-order valence-electron chi connectivity index (χ1n) is 9.76. The van der Waals surface area contributed by atoms with Crippen LogP contribution in [0.5, 0.6) is 0 Å². The van der Waals surface area contributed by atoms with Crippen molar-refractivity contribution in [1.82, 2.24) is 0 Å². The largest absolute Gasteiger partial charge is 0.509 e. The number of rotatable bonds is 6. The molecule has 2 rings (SSSR count). The molecule has 162 valence electrons. The molecule has 0 aromatic heterocycles. The van der Waals surface area contributed by atoms with Crippen molar-refractivity contribution in [1.29, 1.82) is 0 Å². The monoisotopic (exact) mass is 414 g/mol. The van der Waals surface area contributed by atoms with Gasteiger partial charge in [-0.25, -0.2) is 9.59 Å². The Morgan fingerprint density at radius 2 is 1.13 bits per heavy atom. The van der Waals surface area contributed by atoms with Gasteiger partial charge in [-0.3, -0.25) is 0 Å². The Kier molecular flexibility index (Phi) is 7.48. The van der Waals surface area contributed by atoms with E-state index in [1.807, 2.05) is 26.0 Å². The Morgan fingerprint density at radius 1 is 0.700 bits per heavy atom. The van der Waals surface area contributed by atoms with E-state index in [2.05, 4.69) is 37.6 Å². The zero-order valence-corrected chi connectivity index (χ0v) is 18.5. The molecule has 0 aliphatic rings. The van der Waals surface area contributed by atoms with Crippen molar-refractivity contribution in [3.05, 3.63) is 70.8 Å². The second-order valence-electron chi connectivity index (χ2n) is 8.54. The Balaban J connectivity index is 1.88. The topological polar surface area (TPSA) is 71.1 Å². The number of methoxy groups -OCH3 is 1. The highest BCUT2D eigenvalue weighted by molar-refractivity contribution is 5.61. The standard InChI is InChI=1S/C24H30O6/c1-23(2,3)19-11-13-20(14-12-19)24(4,5)30-22(26)29-16-18-9-7-17(8-10-18)15-28-21(25)27-6/h7-14H,15-16H2,1-6H3. The predicted molar refractivity (Wildman–Crippen MR) is 113 cm³/mol. The van der Waals surface area contributed by atoms with Crippen LogP contribution in [-0.4, -0.2) is 19.4 Å². The quantitative estimate of drug-likeness (QED) is 0.552. The van der Waals surface area contributed by atoms with Gasteiger partial charge in [-0.05, 0) is 41.5 Å². The lowest BCUT2D eigenvalue weighted by Gasteiger charge is -2.26. The van der Waals surface area contributed by atoms with E-state index in [0.717, 1.165) is 16.7 Å². The first kappa shape index (κ1) is 23.3. The van der Waals surface area contributed by atoms with E-state index in [9.17, 15) is 9.59 Å². The van der Waals surface area contributed by atoms with Gasteiger partial charge in [0, 0.05) is 0 Å². The lowest BCUT2D eigenvalue weighted by molar-refractivity contribution is -0.0226. The minimum absolute atomic E-state index is 0.0590. The van der Waals surface area contributed by atoms with E-state index in [0.29, 0.717) is 0 Å². The second kappa shape index (κ2) is 9.65. The van der Waals surface area contributed by atoms with Crippen LogP contribution in [0.25, 0.3) is 0 Å². The fourth-order valence-corrected chi connectivity index (χ4v) is 2.74. The van der Waals surface area contributed by atoms with Crippen LogP contribution in [0.15, 0.2) is 48.5 Å². The summed E-state index contributed by atoms with van der Waals surface area (Å²) >= 11 is 0. The van der Waals surface area contributed by atoms with Gasteiger partial charge in [0.25, 0.3) is 0 Å². The second-order valence-corrected chi connectivity index (χ2v) is 8.54. The zero-order valence-electron chi connectivity index (χ0n) is 18.5. The molecule has 6 heteroatoms. The lowest BCUT2D eigenvalue weighted by Crippen LogP contribution is -2.26. The number of carbonyl (C=O) groups excluding carboxylic acids is 2. The van der Waals surface area contributed by atoms with Crippen molar-refractivity contribution in [2.75, 3.05) is 7.11 Å². The molecular formula is C24H30O6. The minimum atomic E-state index is -0.817. The molecule has 0 amide bonds. The highest BCUT2D eigenvalue weighted by Crippen LogP contribution is 2.29. The number of hydrogen-bond acceptors (Lipinski definition) is 6. The highest BCUT2D eigenvalue weighted by atomic mass is 16.7. The fourth-order valence-electron chi connectivity index (χ4n) is 2.74. The first-order chi connectivity index (χ1) is 14.0. The highest BCUT2D eigenvalue weighted by Gasteiger charge is 2.27. The van der Waals surface area contributed by atoms with Crippen molar-refractivity contribution >= 4 is 12.3 Å². The van der Waals surface area contributed by atoms with E-state index in [1.165, 1.54) is 12.7 Å². The van der Waals surface area contributed by atoms with Gasteiger partial charge in [0.05, 0.1) is 7.11 Å². The third-order valence-electron chi connectivity index (χ3n) is 4.69. The predicted octanol–water partition coefficient (Wildman–Crippen LogP) is 5.86. The lowest BCUT2D eigenvalue weighted by atomic mass is 9.85. The molecule has 0 radical (unpaired) electrons. The molecule has 0 aliphatic carbocycles. The Morgan fingerprint density at radius 3 is 1.57 bits per heavy atom. The molecule has 30 heavy (non-hydrogen) atoms. The fraction of sp³-hybridized carbons (Fsp3) is 0.417. The normalized spacial score (nSPS) is 11.5. The van der Waals surface area contributed by atoms with Gasteiger partial charge in [0.15, 0.2) is 0 Å². The van der Waals surface area contributed by atoms with Crippen LogP contribution in [0.4, 0.5) is 9.59 Å². The van der Waals surface area contributed by atoms with Crippen molar-refractivity contribution in [2.45, 2.75) is 58.8 Å². The summed E-state index contributed by atoms with van der Waals surface area (Å²) < 4.78 is 20.1. The van der Waals surface area contributed by atoms with Gasteiger partial charge >= 0.3 is 12.3 Å². The van der Waals surface area contributed by atoms with E-state index in [1.54, 1.807) is 24.3 Å². The maximum Gasteiger partial charge on any atom is 0.509 e. The van der Waals surface area contributed by atoms with Gasteiger partial charge in [0.2, 0.25) is 0 Å². The number of carbonyl (C=O) groups is 2. The summed E-state index contributed by atoms with van der Waals surface area (Å²) in [5.74, 6) is 0. The van der Waals surface area contributed by atoms with E-state index < -0.39 is 17.9 Å². The van der Waals surface area contributed by atoms with Crippen LogP contribution in [0.1, 0.15) is 56.9 Å². The molecule has 0 heterocycles. The molecule has 2 aromatic rings. The smallest absolute Gasteiger partial charge is 0.438 e. The van der Waals surface area contributed by atoms with Crippen LogP contribution < -0.4 is 0 Å². The van der Waals surface area contributed by atoms with Gasteiger partial charge in [-0.2, -0.15) is 0 Å². The first-order valence-corrected chi connectivity index (χ1v) is 9.76. The van der Waals surface area contributed by atoms with Crippen LogP contribution in [0.3, 0.4) is 0 Å². The molecule has 0 spiro atoms. The van der Waals surface area contributed by atoms with Crippen molar-refractivity contribution in [3.63, 3.8) is 0 Å². The number of ether oxygens (including phenoxy) is 4. The Bertz CT molecular complexity index is 845. The van der Waals surface area contributed by atoms with E-state index >= 15 is 0 Å². The van der Waals surface area contributed by atoms with Crippen LogP contribution in [0, 0.1) is 0 Å². The summed E-state index contributed by atoms with van der Waals surface area (Å²) in [5.41, 5.74) is 2.94. The molecular weight excluding hydrogens is 384 g/mol. The number of benzene rings is 2. The Hall–Kier alpha value is -3.02. The molecule has 0 atom stereocenters. The van der Waals surface area contributed by atoms with Crippen molar-refractivity contribution in [3.8, 4) is 0 Å². The SMILES string of the molecule is COC(=O)OCc1ccc(COC(=O)OC(C)(C)c2ccc(C(C)(C)C)cc2)cc1. The van der Waals surface area contributed by atoms with Crippen LogP contribution in [-0.2, 0) is 43.2 Å². The third kappa shape index (κ3) is 6.79. The van der Waals surface area contributed by atoms with E-state index in [-0.39, 0.29) is 18.6 Å². The summed E-state index contributed by atoms with van der Waals surface area (Å²) in [6, 6.07) is 15.2. The maximum absolute atomic E-state index is 12.2. The molecule has 2 aromatic carbocycles. The molecule has 0 fully saturated rings. The molecule has 0 aliphatic heterocycles. The molecule has 0 bridgehead atoms. The van der Waals surface area contributed by atoms with Crippen molar-refractivity contribution in [2.24, 2.45) is 0 Å².